The van der Waals surface area contributed by atoms with Gasteiger partial charge in [-0.25, -0.2) is 0 Å². The lowest BCUT2D eigenvalue weighted by Crippen LogP contribution is -2.51. The van der Waals surface area contributed by atoms with Crippen molar-refractivity contribution >= 4 is 5.91 Å². The van der Waals surface area contributed by atoms with Crippen LogP contribution in [-0.4, -0.2) is 47.6 Å². The molecule has 5 heteroatoms. The van der Waals surface area contributed by atoms with Gasteiger partial charge in [0.1, 0.15) is 0 Å². The summed E-state index contributed by atoms with van der Waals surface area (Å²) in [5.41, 5.74) is 6.67. The molecule has 0 spiro atoms. The third-order valence-corrected chi connectivity index (χ3v) is 4.12. The molecule has 110 valence electrons. The molecule has 1 aliphatic heterocycles. The van der Waals surface area contributed by atoms with Gasteiger partial charge >= 0.3 is 0 Å². The topological polar surface area (TPSA) is 68.5 Å². The number of carbonyl (C=O) groups excluding carboxylic acids is 1. The molecule has 1 aromatic rings. The minimum absolute atomic E-state index is 0.0268. The van der Waals surface area contributed by atoms with Crippen molar-refractivity contribution in [3.63, 3.8) is 0 Å². The molecule has 1 aliphatic carbocycles. The zero-order valence-corrected chi connectivity index (χ0v) is 11.9. The number of nitrogens with zero attached hydrogens (tertiary/aromatic N) is 2. The summed E-state index contributed by atoms with van der Waals surface area (Å²) >= 11 is 0. The van der Waals surface area contributed by atoms with E-state index in [0.717, 1.165) is 19.3 Å². The maximum absolute atomic E-state index is 12.9. The summed E-state index contributed by atoms with van der Waals surface area (Å²) in [6.07, 6.45) is 6.64. The van der Waals surface area contributed by atoms with Crippen LogP contribution < -0.4 is 5.73 Å². The fourth-order valence-corrected chi connectivity index (χ4v) is 3.16. The summed E-state index contributed by atoms with van der Waals surface area (Å²) in [7, 11) is 0. The minimum Gasteiger partial charge on any atom is -0.374 e. The van der Waals surface area contributed by atoms with Gasteiger partial charge in [0.05, 0.1) is 36.4 Å². The molecule has 2 N–H and O–H groups in total. The molecule has 1 aromatic heterocycles. The first-order chi connectivity index (χ1) is 10.3. The predicted molar refractivity (Wildman–Crippen MR) is 78.6 cm³/mol. The molecule has 2 fully saturated rings. The van der Waals surface area contributed by atoms with Crippen molar-refractivity contribution in [3.05, 3.63) is 29.6 Å². The highest BCUT2D eigenvalue weighted by Gasteiger charge is 2.38. The van der Waals surface area contributed by atoms with Crippen molar-refractivity contribution in [2.45, 2.75) is 31.4 Å². The van der Waals surface area contributed by atoms with Gasteiger partial charge in [-0.05, 0) is 25.3 Å². The maximum atomic E-state index is 12.9. The molecule has 2 aliphatic rings. The lowest BCUT2D eigenvalue weighted by molar-refractivity contribution is -0.0445. The van der Waals surface area contributed by atoms with E-state index < -0.39 is 0 Å². The van der Waals surface area contributed by atoms with E-state index in [0.29, 0.717) is 24.3 Å². The number of fused-ring (bicyclic) bond motifs is 1. The average molecular weight is 285 g/mol. The molecule has 2 unspecified atom stereocenters. The summed E-state index contributed by atoms with van der Waals surface area (Å²) in [5.74, 6) is 5.75. The van der Waals surface area contributed by atoms with Crippen LogP contribution in [0.2, 0.25) is 0 Å². The first-order valence-corrected chi connectivity index (χ1v) is 7.37. The van der Waals surface area contributed by atoms with Gasteiger partial charge in [0, 0.05) is 18.9 Å². The predicted octanol–water partition coefficient (Wildman–Crippen LogP) is 0.785. The Hall–Kier alpha value is -1.90. The van der Waals surface area contributed by atoms with Crippen LogP contribution in [0, 0.1) is 11.8 Å². The first kappa shape index (κ1) is 14.1. The summed E-state index contributed by atoms with van der Waals surface area (Å²) in [6.45, 7) is 1.53. The molecule has 2 heterocycles. The second-order valence-corrected chi connectivity index (χ2v) is 5.33. The summed E-state index contributed by atoms with van der Waals surface area (Å²) in [4.78, 5) is 18.9. The number of hydrogen-bond donors (Lipinski definition) is 1. The second kappa shape index (κ2) is 6.25. The van der Waals surface area contributed by atoms with Crippen LogP contribution in [-0.2, 0) is 4.74 Å². The molecule has 1 saturated heterocycles. The van der Waals surface area contributed by atoms with Gasteiger partial charge in [0.25, 0.3) is 5.91 Å². The van der Waals surface area contributed by atoms with Crippen LogP contribution in [0.15, 0.2) is 18.5 Å². The fraction of sp³-hybridized carbons (Fsp3) is 0.500. The largest absolute Gasteiger partial charge is 0.374 e. The molecule has 0 aromatic carbocycles. The highest BCUT2D eigenvalue weighted by molar-refractivity contribution is 5.97. The Morgan fingerprint density at radius 2 is 2.43 bits per heavy atom. The van der Waals surface area contributed by atoms with Crippen molar-refractivity contribution in [2.24, 2.45) is 5.73 Å². The molecule has 0 bridgehead atoms. The van der Waals surface area contributed by atoms with E-state index in [2.05, 4.69) is 16.8 Å². The Morgan fingerprint density at radius 1 is 1.52 bits per heavy atom. The van der Waals surface area contributed by atoms with E-state index >= 15 is 0 Å². The van der Waals surface area contributed by atoms with Gasteiger partial charge in [0.2, 0.25) is 0 Å². The zero-order valence-electron chi connectivity index (χ0n) is 11.9. The van der Waals surface area contributed by atoms with E-state index in [9.17, 15) is 4.79 Å². The maximum Gasteiger partial charge on any atom is 0.255 e. The molecular formula is C16H19N3O2. The molecule has 21 heavy (non-hydrogen) atoms. The number of ether oxygens (including phenoxy) is 1. The lowest BCUT2D eigenvalue weighted by Gasteiger charge is -2.37. The average Bonchev–Trinajstić information content (AvgIpc) is 3.01. The Labute approximate surface area is 124 Å². The number of amides is 1. The number of carbonyl (C=O) groups is 1. The molecular weight excluding hydrogens is 266 g/mol. The normalized spacial score (nSPS) is 24.1. The van der Waals surface area contributed by atoms with Crippen LogP contribution in [0.4, 0.5) is 0 Å². The summed E-state index contributed by atoms with van der Waals surface area (Å²) in [6, 6.07) is 1.94. The zero-order chi connectivity index (χ0) is 14.7. The second-order valence-electron chi connectivity index (χ2n) is 5.33. The number of morpholine rings is 1. The Morgan fingerprint density at radius 3 is 3.29 bits per heavy atom. The number of pyridine rings is 1. The minimum atomic E-state index is 0.0268. The first-order valence-electron chi connectivity index (χ1n) is 7.37. The van der Waals surface area contributed by atoms with E-state index in [1.54, 1.807) is 18.5 Å². The fourth-order valence-electron chi connectivity index (χ4n) is 3.16. The third kappa shape index (κ3) is 2.78. The van der Waals surface area contributed by atoms with Crippen LogP contribution in [0.25, 0.3) is 0 Å². The van der Waals surface area contributed by atoms with Crippen molar-refractivity contribution < 1.29 is 9.53 Å². The highest BCUT2D eigenvalue weighted by atomic mass is 16.5. The van der Waals surface area contributed by atoms with Crippen molar-refractivity contribution in [1.29, 1.82) is 0 Å². The summed E-state index contributed by atoms with van der Waals surface area (Å²) in [5, 5.41) is 0. The highest BCUT2D eigenvalue weighted by Crippen LogP contribution is 2.30. The van der Waals surface area contributed by atoms with Gasteiger partial charge < -0.3 is 15.4 Å². The van der Waals surface area contributed by atoms with Crippen LogP contribution in [0.1, 0.15) is 35.2 Å². The lowest BCUT2D eigenvalue weighted by atomic mass is 10.1. The Bertz CT molecular complexity index is 591. The molecule has 2 atom stereocenters. The SMILES string of the molecule is NCC#Cc1cnccc1C(=O)N1CCOC2CCCC21. The third-order valence-electron chi connectivity index (χ3n) is 4.12. The quantitative estimate of drug-likeness (QED) is 0.774. The molecule has 5 nitrogen and oxygen atoms in total. The van der Waals surface area contributed by atoms with Crippen LogP contribution >= 0.6 is 0 Å². The van der Waals surface area contributed by atoms with Gasteiger partial charge in [0.15, 0.2) is 0 Å². The van der Waals surface area contributed by atoms with E-state index in [1.807, 2.05) is 4.90 Å². The van der Waals surface area contributed by atoms with Crippen LogP contribution in [0.5, 0.6) is 0 Å². The Kier molecular flexibility index (Phi) is 4.18. The number of hydrogen-bond acceptors (Lipinski definition) is 4. The van der Waals surface area contributed by atoms with Crippen molar-refractivity contribution in [3.8, 4) is 11.8 Å². The standard InChI is InChI=1S/C16H19N3O2/c17-7-2-3-12-11-18-8-6-13(12)16(20)19-9-10-21-15-5-1-4-14(15)19/h6,8,11,14-15H,1,4-5,7,9-10,17H2. The van der Waals surface area contributed by atoms with Gasteiger partial charge in [-0.15, -0.1) is 0 Å². The number of aromatic nitrogens is 1. The molecule has 0 radical (unpaired) electrons. The number of nitrogens with two attached hydrogens (primary N) is 1. The monoisotopic (exact) mass is 285 g/mol. The molecule has 3 rings (SSSR count). The van der Waals surface area contributed by atoms with Gasteiger partial charge in [-0.2, -0.15) is 0 Å². The summed E-state index contributed by atoms with van der Waals surface area (Å²) < 4.78 is 5.76. The molecule has 1 amide bonds. The van der Waals surface area contributed by atoms with Crippen molar-refractivity contribution in [1.82, 2.24) is 9.88 Å². The van der Waals surface area contributed by atoms with Crippen molar-refractivity contribution in [2.75, 3.05) is 19.7 Å². The van der Waals surface area contributed by atoms with Crippen LogP contribution in [0.3, 0.4) is 0 Å². The van der Waals surface area contributed by atoms with Gasteiger partial charge in [-0.3, -0.25) is 9.78 Å². The smallest absolute Gasteiger partial charge is 0.255 e. The van der Waals surface area contributed by atoms with Gasteiger partial charge in [-0.1, -0.05) is 11.8 Å². The number of rotatable bonds is 1. The van der Waals surface area contributed by atoms with E-state index in [1.165, 1.54) is 0 Å². The van der Waals surface area contributed by atoms with E-state index in [-0.39, 0.29) is 24.6 Å². The Balaban J connectivity index is 1.88. The molecule has 1 saturated carbocycles. The van der Waals surface area contributed by atoms with E-state index in [4.69, 9.17) is 10.5 Å².